The number of methoxy groups -OCH3 is 1. The average molecular weight is 279 g/mol. The lowest BCUT2D eigenvalue weighted by atomic mass is 10.2. The highest BCUT2D eigenvalue weighted by atomic mass is 16.6. The van der Waals surface area contributed by atoms with Crippen molar-refractivity contribution in [1.82, 2.24) is 4.90 Å². The van der Waals surface area contributed by atoms with Gasteiger partial charge in [0.2, 0.25) is 0 Å². The van der Waals surface area contributed by atoms with Crippen molar-refractivity contribution < 1.29 is 19.1 Å². The highest BCUT2D eigenvalue weighted by Crippen LogP contribution is 2.10. The maximum absolute atomic E-state index is 12.1. The van der Waals surface area contributed by atoms with Crippen LogP contribution in [0.3, 0.4) is 0 Å². The molecule has 1 atom stereocenters. The van der Waals surface area contributed by atoms with Gasteiger partial charge in [0.1, 0.15) is 12.6 Å². The van der Waals surface area contributed by atoms with Crippen molar-refractivity contribution >= 4 is 12.1 Å². The molecule has 20 heavy (non-hydrogen) atoms. The van der Waals surface area contributed by atoms with E-state index >= 15 is 0 Å². The molecule has 0 radical (unpaired) electrons. The van der Waals surface area contributed by atoms with Gasteiger partial charge >= 0.3 is 12.1 Å². The number of amides is 1. The SMILES string of the molecule is CC[C@@H](C(=O)OC)N(CC)C(=O)OCc1ccccc1. The van der Waals surface area contributed by atoms with Gasteiger partial charge in [0.05, 0.1) is 7.11 Å². The summed E-state index contributed by atoms with van der Waals surface area (Å²) in [4.78, 5) is 25.1. The second-order valence-corrected chi connectivity index (χ2v) is 4.27. The van der Waals surface area contributed by atoms with Crippen LogP contribution in [-0.4, -0.2) is 36.7 Å². The number of hydrogen-bond acceptors (Lipinski definition) is 4. The van der Waals surface area contributed by atoms with Crippen molar-refractivity contribution in [2.24, 2.45) is 0 Å². The van der Waals surface area contributed by atoms with E-state index in [1.54, 1.807) is 6.92 Å². The lowest BCUT2D eigenvalue weighted by molar-refractivity contribution is -0.146. The van der Waals surface area contributed by atoms with Crippen LogP contribution in [0.2, 0.25) is 0 Å². The van der Waals surface area contributed by atoms with E-state index in [2.05, 4.69) is 0 Å². The molecule has 0 heterocycles. The molecule has 1 aromatic rings. The Labute approximate surface area is 119 Å². The predicted molar refractivity (Wildman–Crippen MR) is 75.1 cm³/mol. The van der Waals surface area contributed by atoms with Crippen molar-refractivity contribution in [2.45, 2.75) is 32.9 Å². The fraction of sp³-hybridized carbons (Fsp3) is 0.467. The zero-order chi connectivity index (χ0) is 15.0. The minimum atomic E-state index is -0.603. The Bertz CT molecular complexity index is 433. The fourth-order valence-electron chi connectivity index (χ4n) is 1.93. The molecular formula is C15H21NO4. The summed E-state index contributed by atoms with van der Waals surface area (Å²) in [6.07, 6.45) is -0.0189. The Morgan fingerprint density at radius 2 is 1.85 bits per heavy atom. The van der Waals surface area contributed by atoms with E-state index in [0.717, 1.165) is 5.56 Å². The monoisotopic (exact) mass is 279 g/mol. The van der Waals surface area contributed by atoms with Crippen molar-refractivity contribution in [1.29, 1.82) is 0 Å². The van der Waals surface area contributed by atoms with E-state index < -0.39 is 18.1 Å². The van der Waals surface area contributed by atoms with Gasteiger partial charge in [-0.15, -0.1) is 0 Å². The van der Waals surface area contributed by atoms with Crippen molar-refractivity contribution in [3.8, 4) is 0 Å². The normalized spacial score (nSPS) is 11.6. The molecule has 0 aliphatic rings. The summed E-state index contributed by atoms with van der Waals surface area (Å²) in [6, 6.07) is 8.80. The topological polar surface area (TPSA) is 55.8 Å². The second-order valence-electron chi connectivity index (χ2n) is 4.27. The van der Waals surface area contributed by atoms with Crippen LogP contribution in [0.4, 0.5) is 4.79 Å². The summed E-state index contributed by atoms with van der Waals surface area (Å²) >= 11 is 0. The summed E-state index contributed by atoms with van der Waals surface area (Å²) in [6.45, 7) is 4.21. The molecule has 0 aromatic heterocycles. The van der Waals surface area contributed by atoms with Gasteiger partial charge in [-0.25, -0.2) is 9.59 Å². The molecule has 0 bridgehead atoms. The minimum absolute atomic E-state index is 0.188. The summed E-state index contributed by atoms with van der Waals surface area (Å²) in [7, 11) is 1.31. The zero-order valence-corrected chi connectivity index (χ0v) is 12.2. The maximum atomic E-state index is 12.1. The Morgan fingerprint density at radius 3 is 2.35 bits per heavy atom. The third kappa shape index (κ3) is 4.26. The molecule has 0 fully saturated rings. The molecule has 1 aromatic carbocycles. The lowest BCUT2D eigenvalue weighted by Gasteiger charge is -2.27. The predicted octanol–water partition coefficient (Wildman–Crippen LogP) is 2.60. The first kappa shape index (κ1) is 16.0. The molecule has 0 aliphatic carbocycles. The van der Waals surface area contributed by atoms with Crippen LogP contribution in [-0.2, 0) is 20.9 Å². The third-order valence-electron chi connectivity index (χ3n) is 3.02. The van der Waals surface area contributed by atoms with Gasteiger partial charge in [0.25, 0.3) is 0 Å². The van der Waals surface area contributed by atoms with Gasteiger partial charge < -0.3 is 9.47 Å². The van der Waals surface area contributed by atoms with E-state index in [4.69, 9.17) is 9.47 Å². The first-order valence-electron chi connectivity index (χ1n) is 6.69. The number of carbonyl (C=O) groups excluding carboxylic acids is 2. The van der Waals surface area contributed by atoms with Crippen LogP contribution in [0.5, 0.6) is 0 Å². The average Bonchev–Trinajstić information content (AvgIpc) is 2.50. The smallest absolute Gasteiger partial charge is 0.410 e. The number of esters is 1. The number of nitrogens with zero attached hydrogens (tertiary/aromatic N) is 1. The van der Waals surface area contributed by atoms with E-state index in [9.17, 15) is 9.59 Å². The minimum Gasteiger partial charge on any atom is -0.467 e. The number of likely N-dealkylation sites (N-methyl/N-ethyl adjacent to an activating group) is 1. The number of benzene rings is 1. The van der Waals surface area contributed by atoms with Gasteiger partial charge in [0, 0.05) is 6.54 Å². The number of hydrogen-bond donors (Lipinski definition) is 0. The number of rotatable bonds is 6. The quantitative estimate of drug-likeness (QED) is 0.751. The first-order valence-corrected chi connectivity index (χ1v) is 6.69. The molecule has 0 saturated carbocycles. The summed E-state index contributed by atoms with van der Waals surface area (Å²) in [5.74, 6) is -0.425. The molecule has 110 valence electrons. The molecule has 1 rings (SSSR count). The van der Waals surface area contributed by atoms with Crippen molar-refractivity contribution in [3.63, 3.8) is 0 Å². The van der Waals surface area contributed by atoms with Gasteiger partial charge in [-0.2, -0.15) is 0 Å². The fourth-order valence-corrected chi connectivity index (χ4v) is 1.93. The largest absolute Gasteiger partial charge is 0.467 e. The Hall–Kier alpha value is -2.04. The van der Waals surface area contributed by atoms with Crippen LogP contribution in [0, 0.1) is 0 Å². The molecule has 0 unspecified atom stereocenters. The van der Waals surface area contributed by atoms with Gasteiger partial charge in [-0.1, -0.05) is 37.3 Å². The van der Waals surface area contributed by atoms with E-state index in [1.807, 2.05) is 37.3 Å². The van der Waals surface area contributed by atoms with Crippen LogP contribution in [0.25, 0.3) is 0 Å². The molecule has 5 heteroatoms. The Morgan fingerprint density at radius 1 is 1.20 bits per heavy atom. The van der Waals surface area contributed by atoms with E-state index in [1.165, 1.54) is 12.0 Å². The second kappa shape index (κ2) is 8.19. The summed E-state index contributed by atoms with van der Waals surface area (Å²) < 4.78 is 9.95. The van der Waals surface area contributed by atoms with Crippen molar-refractivity contribution in [2.75, 3.05) is 13.7 Å². The Kier molecular flexibility index (Phi) is 6.56. The maximum Gasteiger partial charge on any atom is 0.410 e. The van der Waals surface area contributed by atoms with E-state index in [-0.39, 0.29) is 6.61 Å². The van der Waals surface area contributed by atoms with E-state index in [0.29, 0.717) is 13.0 Å². The zero-order valence-electron chi connectivity index (χ0n) is 12.2. The molecule has 1 amide bonds. The lowest BCUT2D eigenvalue weighted by Crippen LogP contribution is -2.45. The van der Waals surface area contributed by atoms with Crippen LogP contribution < -0.4 is 0 Å². The van der Waals surface area contributed by atoms with Crippen LogP contribution >= 0.6 is 0 Å². The summed E-state index contributed by atoms with van der Waals surface area (Å²) in [5, 5.41) is 0. The van der Waals surface area contributed by atoms with Crippen molar-refractivity contribution in [3.05, 3.63) is 35.9 Å². The number of carbonyl (C=O) groups is 2. The molecule has 5 nitrogen and oxygen atoms in total. The first-order chi connectivity index (χ1) is 9.63. The van der Waals surface area contributed by atoms with Gasteiger partial charge in [-0.3, -0.25) is 4.90 Å². The molecule has 0 saturated heterocycles. The van der Waals surface area contributed by atoms with Gasteiger partial charge in [-0.05, 0) is 18.9 Å². The summed E-state index contributed by atoms with van der Waals surface area (Å²) in [5.41, 5.74) is 0.906. The van der Waals surface area contributed by atoms with Crippen LogP contribution in [0.15, 0.2) is 30.3 Å². The molecule has 0 spiro atoms. The van der Waals surface area contributed by atoms with Gasteiger partial charge in [0.15, 0.2) is 0 Å². The molecule has 0 aliphatic heterocycles. The molecule has 0 N–H and O–H groups in total. The Balaban J connectivity index is 2.64. The van der Waals surface area contributed by atoms with Crippen LogP contribution in [0.1, 0.15) is 25.8 Å². The number of ether oxygens (including phenoxy) is 2. The standard InChI is InChI=1S/C15H21NO4/c1-4-13(14(17)19-3)16(5-2)15(18)20-11-12-9-7-6-8-10-12/h6-10,13H,4-5,11H2,1-3H3/t13-/m0/s1. The highest BCUT2D eigenvalue weighted by molar-refractivity contribution is 5.81. The molecular weight excluding hydrogens is 258 g/mol. The highest BCUT2D eigenvalue weighted by Gasteiger charge is 2.28. The third-order valence-corrected chi connectivity index (χ3v) is 3.02.